The van der Waals surface area contributed by atoms with Gasteiger partial charge >= 0.3 is 24.1 Å². The van der Waals surface area contributed by atoms with Crippen LogP contribution < -0.4 is 24.8 Å². The summed E-state index contributed by atoms with van der Waals surface area (Å²) in [7, 11) is 1.30. The zero-order valence-electron chi connectivity index (χ0n) is 24.3. The molecule has 14 heteroatoms. The quantitative estimate of drug-likeness (QED) is 0.353. The molecular weight excluding hydrogens is 559 g/mol. The van der Waals surface area contributed by atoms with Crippen molar-refractivity contribution in [3.05, 3.63) is 53.3 Å². The summed E-state index contributed by atoms with van der Waals surface area (Å²) in [5.41, 5.74) is -1.02. The fourth-order valence-electron chi connectivity index (χ4n) is 3.38. The largest absolute Gasteiger partial charge is 0.494 e. The van der Waals surface area contributed by atoms with Gasteiger partial charge in [-0.2, -0.15) is 0 Å². The number of fused-ring (bicyclic) bond motifs is 1. The molecule has 2 aromatic rings. The van der Waals surface area contributed by atoms with Crippen molar-refractivity contribution in [2.24, 2.45) is 0 Å². The van der Waals surface area contributed by atoms with Crippen LogP contribution >= 0.6 is 0 Å². The molecule has 42 heavy (non-hydrogen) atoms. The van der Waals surface area contributed by atoms with Gasteiger partial charge in [0.05, 0.1) is 7.11 Å². The van der Waals surface area contributed by atoms with Crippen LogP contribution in [0.2, 0.25) is 0 Å². The summed E-state index contributed by atoms with van der Waals surface area (Å²) in [6.07, 6.45) is -1.70. The lowest BCUT2D eigenvalue weighted by molar-refractivity contribution is -0.140. The van der Waals surface area contributed by atoms with Gasteiger partial charge in [-0.05, 0) is 76.9 Å². The van der Waals surface area contributed by atoms with Crippen molar-refractivity contribution in [3.8, 4) is 17.2 Å². The minimum Gasteiger partial charge on any atom is -0.494 e. The minimum atomic E-state index is -1.42. The number of carboxylic acid groups (broad SMARTS) is 2. The average Bonchev–Trinajstić information content (AvgIpc) is 3.32. The maximum Gasteiger partial charge on any atom is 0.408 e. The summed E-state index contributed by atoms with van der Waals surface area (Å²) in [5, 5.41) is 23.0. The second kappa shape index (κ2) is 13.7. The van der Waals surface area contributed by atoms with Gasteiger partial charge < -0.3 is 44.5 Å². The molecule has 4 N–H and O–H groups in total. The van der Waals surface area contributed by atoms with Crippen LogP contribution in [-0.4, -0.2) is 59.4 Å². The van der Waals surface area contributed by atoms with Crippen molar-refractivity contribution in [2.45, 2.75) is 64.8 Å². The summed E-state index contributed by atoms with van der Waals surface area (Å²) >= 11 is 0. The predicted molar refractivity (Wildman–Crippen MR) is 145 cm³/mol. The van der Waals surface area contributed by atoms with E-state index in [0.717, 1.165) is 6.07 Å². The first-order valence-electron chi connectivity index (χ1n) is 12.6. The van der Waals surface area contributed by atoms with Gasteiger partial charge in [0.15, 0.2) is 35.1 Å². The number of ether oxygens (including phenoxy) is 5. The maximum atomic E-state index is 13.6. The highest BCUT2D eigenvalue weighted by Crippen LogP contribution is 2.34. The maximum absolute atomic E-state index is 13.6. The smallest absolute Gasteiger partial charge is 0.408 e. The number of nitrogens with one attached hydrogen (secondary N) is 2. The third-order valence-electron chi connectivity index (χ3n) is 5.06. The molecule has 0 radical (unpaired) electrons. The van der Waals surface area contributed by atoms with Gasteiger partial charge in [0, 0.05) is 0 Å². The molecule has 2 amide bonds. The van der Waals surface area contributed by atoms with Crippen LogP contribution in [0.1, 0.15) is 64.8 Å². The third-order valence-corrected chi connectivity index (χ3v) is 5.06. The Morgan fingerprint density at radius 1 is 0.786 bits per heavy atom. The molecule has 0 aliphatic carbocycles. The number of carbonyl (C=O) groups is 4. The van der Waals surface area contributed by atoms with Crippen LogP contribution in [-0.2, 0) is 19.1 Å². The lowest BCUT2D eigenvalue weighted by Crippen LogP contribution is -2.38. The van der Waals surface area contributed by atoms with E-state index in [-0.39, 0.29) is 18.1 Å². The molecule has 0 saturated heterocycles. The van der Waals surface area contributed by atoms with Gasteiger partial charge in [0.2, 0.25) is 6.79 Å². The van der Waals surface area contributed by atoms with Crippen molar-refractivity contribution in [1.82, 2.24) is 10.6 Å². The monoisotopic (exact) mass is 594 g/mol. The van der Waals surface area contributed by atoms with Gasteiger partial charge in [0.25, 0.3) is 0 Å². The molecule has 0 fully saturated rings. The van der Waals surface area contributed by atoms with Gasteiger partial charge in [-0.1, -0.05) is 12.1 Å². The van der Waals surface area contributed by atoms with Gasteiger partial charge in [-0.15, -0.1) is 0 Å². The Hall–Kier alpha value is -4.75. The van der Waals surface area contributed by atoms with E-state index in [0.29, 0.717) is 17.1 Å². The number of carboxylic acids is 2. The molecule has 0 bridgehead atoms. The molecule has 1 heterocycles. The molecule has 1 aliphatic heterocycles. The van der Waals surface area contributed by atoms with Crippen LogP contribution in [0, 0.1) is 5.82 Å². The summed E-state index contributed by atoms with van der Waals surface area (Å²) in [5.74, 6) is -2.26. The second-order valence-electron chi connectivity index (χ2n) is 10.8. The average molecular weight is 595 g/mol. The number of carbonyl (C=O) groups excluding carboxylic acids is 2. The van der Waals surface area contributed by atoms with Crippen LogP contribution in [0.5, 0.6) is 17.2 Å². The number of methoxy groups -OCH3 is 1. The molecule has 0 aromatic heterocycles. The number of hydrogen-bond acceptors (Lipinski definition) is 9. The molecule has 2 atom stereocenters. The number of amides is 2. The van der Waals surface area contributed by atoms with E-state index >= 15 is 0 Å². The van der Waals surface area contributed by atoms with E-state index in [9.17, 15) is 28.7 Å². The number of hydrogen-bond donors (Lipinski definition) is 4. The molecule has 1 aliphatic rings. The first-order chi connectivity index (χ1) is 19.4. The zero-order chi connectivity index (χ0) is 31.8. The first kappa shape index (κ1) is 33.5. The molecule has 2 aromatic carbocycles. The Morgan fingerprint density at radius 3 is 1.67 bits per heavy atom. The lowest BCUT2D eigenvalue weighted by Gasteiger charge is -2.22. The van der Waals surface area contributed by atoms with E-state index in [1.54, 1.807) is 53.7 Å². The Morgan fingerprint density at radius 2 is 1.24 bits per heavy atom. The molecular formula is C28H35FN2O11. The summed E-state index contributed by atoms with van der Waals surface area (Å²) in [4.78, 5) is 46.0. The molecule has 3 rings (SSSR count). The number of rotatable bonds is 7. The summed E-state index contributed by atoms with van der Waals surface area (Å²) < 4.78 is 38.8. The van der Waals surface area contributed by atoms with Gasteiger partial charge in [0.1, 0.15) is 11.2 Å². The highest BCUT2D eigenvalue weighted by Gasteiger charge is 2.28. The number of benzene rings is 2. The van der Waals surface area contributed by atoms with E-state index in [2.05, 4.69) is 10.6 Å². The van der Waals surface area contributed by atoms with Crippen molar-refractivity contribution in [3.63, 3.8) is 0 Å². The number of halogens is 1. The minimum absolute atomic E-state index is 0.0137. The zero-order valence-corrected chi connectivity index (χ0v) is 24.3. The van der Waals surface area contributed by atoms with E-state index in [1.807, 2.05) is 0 Å². The van der Waals surface area contributed by atoms with Crippen LogP contribution in [0.25, 0.3) is 0 Å². The molecule has 230 valence electrons. The third kappa shape index (κ3) is 10.3. The van der Waals surface area contributed by atoms with Gasteiger partial charge in [-0.25, -0.2) is 23.6 Å². The molecule has 0 saturated carbocycles. The highest BCUT2D eigenvalue weighted by molar-refractivity contribution is 5.82. The van der Waals surface area contributed by atoms with E-state index in [4.69, 9.17) is 28.8 Å². The van der Waals surface area contributed by atoms with Crippen molar-refractivity contribution in [2.75, 3.05) is 13.9 Å². The van der Waals surface area contributed by atoms with Gasteiger partial charge in [-0.3, -0.25) is 0 Å². The fraction of sp³-hybridized carbons (Fsp3) is 0.429. The standard InChI is InChI=1S/C14H18FNO5.C14H17NO6/c1-14(2,3)21-13(19)16-11(12(17)18)8-5-6-10(20-4)9(15)7-8;1-14(2,3)21-13(18)15-11(12(16)17)8-4-5-9-10(6-8)20-7-19-9/h5-7,11H,1-4H3,(H,16,19)(H,17,18);4-6,11H,7H2,1-3H3,(H,15,18)(H,16,17). The highest BCUT2D eigenvalue weighted by atomic mass is 19.1. The van der Waals surface area contributed by atoms with Crippen LogP contribution in [0.15, 0.2) is 36.4 Å². The Balaban J connectivity index is 0.000000293. The van der Waals surface area contributed by atoms with Crippen molar-refractivity contribution >= 4 is 24.1 Å². The summed E-state index contributed by atoms with van der Waals surface area (Å²) in [6.45, 7) is 10.1. The predicted octanol–water partition coefficient (Wildman–Crippen LogP) is 4.55. The fourth-order valence-corrected chi connectivity index (χ4v) is 3.38. The Labute approximate surface area is 241 Å². The number of alkyl carbamates (subject to hydrolysis) is 2. The van der Waals surface area contributed by atoms with E-state index in [1.165, 1.54) is 25.3 Å². The first-order valence-corrected chi connectivity index (χ1v) is 12.6. The van der Waals surface area contributed by atoms with Crippen LogP contribution in [0.4, 0.5) is 14.0 Å². The molecule has 2 unspecified atom stereocenters. The van der Waals surface area contributed by atoms with E-state index < -0.39 is 53.2 Å². The topological polar surface area (TPSA) is 179 Å². The summed E-state index contributed by atoms with van der Waals surface area (Å²) in [6, 6.07) is 5.69. The second-order valence-corrected chi connectivity index (χ2v) is 10.8. The Kier molecular flexibility index (Phi) is 10.9. The van der Waals surface area contributed by atoms with Crippen LogP contribution in [0.3, 0.4) is 0 Å². The lowest BCUT2D eigenvalue weighted by atomic mass is 10.1. The SMILES string of the molecule is CC(C)(C)OC(=O)NC(C(=O)O)c1ccc2c(c1)OCO2.COc1ccc(C(NC(=O)OC(C)(C)C)C(=O)O)cc1F. The number of aliphatic carboxylic acids is 2. The van der Waals surface area contributed by atoms with Crippen molar-refractivity contribution in [1.29, 1.82) is 0 Å². The Bertz CT molecular complexity index is 1300. The normalized spacial score (nSPS) is 13.4. The van der Waals surface area contributed by atoms with Crippen molar-refractivity contribution < 1.29 is 57.5 Å². The molecule has 13 nitrogen and oxygen atoms in total. The molecule has 0 spiro atoms.